The van der Waals surface area contributed by atoms with E-state index in [-0.39, 0.29) is 0 Å². The van der Waals surface area contributed by atoms with E-state index < -0.39 is 0 Å². The van der Waals surface area contributed by atoms with Crippen molar-refractivity contribution in [2.75, 3.05) is 0 Å². The zero-order chi connectivity index (χ0) is 11.8. The standard InChI is InChI=1S/C8H13N.C6H12/c1-5-6(2)8(4)9-7(5)3;1-3-5-6-4-2/h9H,1-4H3;3H,1,4-6H2,2H3. The molecular weight excluding hydrogens is 182 g/mol. The fourth-order valence-corrected chi connectivity index (χ4v) is 1.38. The van der Waals surface area contributed by atoms with Crippen molar-refractivity contribution in [2.45, 2.75) is 53.9 Å². The molecule has 0 aliphatic carbocycles. The summed E-state index contributed by atoms with van der Waals surface area (Å²) in [6, 6.07) is 0. The lowest BCUT2D eigenvalue weighted by Gasteiger charge is -1.88. The van der Waals surface area contributed by atoms with Gasteiger partial charge in [-0.15, -0.1) is 6.58 Å². The zero-order valence-electron chi connectivity index (χ0n) is 10.9. The maximum atomic E-state index is 3.60. The van der Waals surface area contributed by atoms with Crippen LogP contribution in [0.3, 0.4) is 0 Å². The van der Waals surface area contributed by atoms with Crippen LogP contribution >= 0.6 is 0 Å². The molecule has 1 N–H and O–H groups in total. The van der Waals surface area contributed by atoms with Gasteiger partial charge in [0.05, 0.1) is 0 Å². The molecule has 1 aromatic heterocycles. The molecule has 0 fully saturated rings. The first kappa shape index (κ1) is 14.0. The highest BCUT2D eigenvalue weighted by molar-refractivity contribution is 5.32. The third-order valence-electron chi connectivity index (χ3n) is 2.82. The number of H-pyrrole nitrogens is 1. The Kier molecular flexibility index (Phi) is 6.85. The third-order valence-corrected chi connectivity index (χ3v) is 2.82. The van der Waals surface area contributed by atoms with E-state index >= 15 is 0 Å². The van der Waals surface area contributed by atoms with E-state index in [0.29, 0.717) is 0 Å². The van der Waals surface area contributed by atoms with Gasteiger partial charge in [-0.2, -0.15) is 0 Å². The van der Waals surface area contributed by atoms with E-state index in [1.807, 2.05) is 6.08 Å². The van der Waals surface area contributed by atoms with Gasteiger partial charge in [0.25, 0.3) is 0 Å². The molecule has 0 amide bonds. The Morgan fingerprint density at radius 1 is 1.07 bits per heavy atom. The van der Waals surface area contributed by atoms with Crippen LogP contribution in [0, 0.1) is 27.7 Å². The van der Waals surface area contributed by atoms with Crippen LogP contribution in [-0.4, -0.2) is 4.98 Å². The summed E-state index contributed by atoms with van der Waals surface area (Å²) in [4.78, 5) is 3.28. The number of aryl methyl sites for hydroxylation is 2. The van der Waals surface area contributed by atoms with E-state index in [4.69, 9.17) is 0 Å². The molecule has 0 saturated carbocycles. The molecule has 0 unspecified atom stereocenters. The summed E-state index contributed by atoms with van der Waals surface area (Å²) >= 11 is 0. The highest BCUT2D eigenvalue weighted by Crippen LogP contribution is 2.14. The van der Waals surface area contributed by atoms with Crippen molar-refractivity contribution in [2.24, 2.45) is 0 Å². The molecule has 86 valence electrons. The highest BCUT2D eigenvalue weighted by Gasteiger charge is 2.00. The molecule has 15 heavy (non-hydrogen) atoms. The van der Waals surface area contributed by atoms with Gasteiger partial charge in [-0.25, -0.2) is 0 Å². The summed E-state index contributed by atoms with van der Waals surface area (Å²) in [6.07, 6.45) is 5.72. The molecule has 1 nitrogen and oxygen atoms in total. The third kappa shape index (κ3) is 4.87. The number of nitrogens with one attached hydrogen (secondary N) is 1. The van der Waals surface area contributed by atoms with Gasteiger partial charge >= 0.3 is 0 Å². The predicted molar refractivity (Wildman–Crippen MR) is 69.5 cm³/mol. The van der Waals surface area contributed by atoms with Crippen molar-refractivity contribution in [3.05, 3.63) is 35.2 Å². The zero-order valence-corrected chi connectivity index (χ0v) is 10.9. The van der Waals surface area contributed by atoms with Crippen LogP contribution < -0.4 is 0 Å². The molecule has 0 spiro atoms. The lowest BCUT2D eigenvalue weighted by atomic mass is 10.2. The molecule has 0 bridgehead atoms. The van der Waals surface area contributed by atoms with Crippen LogP contribution in [0.25, 0.3) is 0 Å². The molecular formula is C14H25N. The van der Waals surface area contributed by atoms with Crippen molar-refractivity contribution in [1.82, 2.24) is 4.98 Å². The molecule has 1 aromatic rings. The maximum absolute atomic E-state index is 3.60. The smallest absolute Gasteiger partial charge is 0.0150 e. The fourth-order valence-electron chi connectivity index (χ4n) is 1.38. The number of aromatic nitrogens is 1. The van der Waals surface area contributed by atoms with Crippen molar-refractivity contribution in [1.29, 1.82) is 0 Å². The van der Waals surface area contributed by atoms with Crippen molar-refractivity contribution < 1.29 is 0 Å². The lowest BCUT2D eigenvalue weighted by Crippen LogP contribution is -1.73. The average molecular weight is 207 g/mol. The van der Waals surface area contributed by atoms with Gasteiger partial charge in [-0.05, 0) is 45.2 Å². The molecule has 0 saturated heterocycles. The van der Waals surface area contributed by atoms with Gasteiger partial charge in [0.2, 0.25) is 0 Å². The Hall–Kier alpha value is -0.980. The molecule has 0 aliphatic rings. The monoisotopic (exact) mass is 207 g/mol. The van der Waals surface area contributed by atoms with Gasteiger partial charge in [0.1, 0.15) is 0 Å². The van der Waals surface area contributed by atoms with Crippen LogP contribution in [0.15, 0.2) is 12.7 Å². The molecule has 1 heteroatoms. The quantitative estimate of drug-likeness (QED) is 0.550. The Morgan fingerprint density at radius 2 is 1.53 bits per heavy atom. The van der Waals surface area contributed by atoms with Gasteiger partial charge in [0.15, 0.2) is 0 Å². The second-order valence-corrected chi connectivity index (χ2v) is 4.06. The number of allylic oxidation sites excluding steroid dienone is 1. The minimum Gasteiger partial charge on any atom is -0.362 e. The largest absolute Gasteiger partial charge is 0.362 e. The van der Waals surface area contributed by atoms with E-state index in [1.54, 1.807) is 0 Å². The molecule has 0 radical (unpaired) electrons. The normalized spacial score (nSPS) is 9.40. The van der Waals surface area contributed by atoms with E-state index in [1.165, 1.54) is 41.8 Å². The van der Waals surface area contributed by atoms with E-state index in [0.717, 1.165) is 0 Å². The Balaban J connectivity index is 0.000000288. The number of hydrogen-bond donors (Lipinski definition) is 1. The maximum Gasteiger partial charge on any atom is 0.0150 e. The van der Waals surface area contributed by atoms with Crippen molar-refractivity contribution in [3.8, 4) is 0 Å². The summed E-state index contributed by atoms with van der Waals surface area (Å²) < 4.78 is 0. The molecule has 1 heterocycles. The first-order valence-electron chi connectivity index (χ1n) is 5.77. The topological polar surface area (TPSA) is 15.8 Å². The van der Waals surface area contributed by atoms with Gasteiger partial charge in [-0.1, -0.05) is 25.8 Å². The minimum atomic E-state index is 1.18. The Labute approximate surface area is 94.6 Å². The minimum absolute atomic E-state index is 1.18. The van der Waals surface area contributed by atoms with Gasteiger partial charge in [-0.3, -0.25) is 0 Å². The second-order valence-electron chi connectivity index (χ2n) is 4.06. The first-order chi connectivity index (χ1) is 7.04. The molecule has 0 atom stereocenters. The van der Waals surface area contributed by atoms with Gasteiger partial charge < -0.3 is 4.98 Å². The van der Waals surface area contributed by atoms with Crippen LogP contribution in [0.4, 0.5) is 0 Å². The lowest BCUT2D eigenvalue weighted by molar-refractivity contribution is 0.816. The number of aromatic amines is 1. The number of rotatable bonds is 3. The molecule has 1 rings (SSSR count). The molecule has 0 aliphatic heterocycles. The summed E-state index contributed by atoms with van der Waals surface area (Å²) in [7, 11) is 0. The summed E-state index contributed by atoms with van der Waals surface area (Å²) in [5, 5.41) is 0. The van der Waals surface area contributed by atoms with E-state index in [9.17, 15) is 0 Å². The predicted octanol–water partition coefficient (Wildman–Crippen LogP) is 4.61. The summed E-state index contributed by atoms with van der Waals surface area (Å²) in [5.41, 5.74) is 5.38. The van der Waals surface area contributed by atoms with Gasteiger partial charge in [0, 0.05) is 11.4 Å². The van der Waals surface area contributed by atoms with Crippen LogP contribution in [0.1, 0.15) is 48.7 Å². The van der Waals surface area contributed by atoms with Crippen LogP contribution in [-0.2, 0) is 0 Å². The molecule has 0 aromatic carbocycles. The number of hydrogen-bond acceptors (Lipinski definition) is 0. The SMILES string of the molecule is C=CCCCC.Cc1[nH]c(C)c(C)c1C. The summed E-state index contributed by atoms with van der Waals surface area (Å²) in [5.74, 6) is 0. The van der Waals surface area contributed by atoms with Crippen LogP contribution in [0.5, 0.6) is 0 Å². The number of unbranched alkanes of at least 4 members (excludes halogenated alkanes) is 2. The average Bonchev–Trinajstić information content (AvgIpc) is 2.44. The van der Waals surface area contributed by atoms with Crippen LogP contribution in [0.2, 0.25) is 0 Å². The highest BCUT2D eigenvalue weighted by atomic mass is 14.7. The van der Waals surface area contributed by atoms with E-state index in [2.05, 4.69) is 46.2 Å². The Morgan fingerprint density at radius 3 is 1.67 bits per heavy atom. The second kappa shape index (κ2) is 7.33. The Bertz CT molecular complexity index is 272. The fraction of sp³-hybridized carbons (Fsp3) is 0.571. The first-order valence-corrected chi connectivity index (χ1v) is 5.77. The van der Waals surface area contributed by atoms with Crippen molar-refractivity contribution >= 4 is 0 Å². The summed E-state index contributed by atoms with van der Waals surface area (Å²) in [6.45, 7) is 14.3. The van der Waals surface area contributed by atoms with Crippen molar-refractivity contribution in [3.63, 3.8) is 0 Å².